The zero-order valence-corrected chi connectivity index (χ0v) is 17.0. The van der Waals surface area contributed by atoms with Crippen LogP contribution in [0.5, 0.6) is 0 Å². The fourth-order valence-corrected chi connectivity index (χ4v) is 2.62. The lowest BCUT2D eigenvalue weighted by atomic mass is 10.2. The molecule has 1 aliphatic heterocycles. The van der Waals surface area contributed by atoms with Crippen LogP contribution in [-0.4, -0.2) is 68.7 Å². The summed E-state index contributed by atoms with van der Waals surface area (Å²) < 4.78 is 19.1. The lowest BCUT2D eigenvalue weighted by molar-refractivity contribution is -0.0137. The molecule has 1 aromatic rings. The van der Waals surface area contributed by atoms with Gasteiger partial charge in [-0.2, -0.15) is 0 Å². The van der Waals surface area contributed by atoms with Crippen molar-refractivity contribution < 1.29 is 9.13 Å². The third-order valence-electron chi connectivity index (χ3n) is 3.79. The molecular weight excluding hydrogens is 422 g/mol. The highest BCUT2D eigenvalue weighted by molar-refractivity contribution is 14.0. The molecule has 0 amide bonds. The minimum Gasteiger partial charge on any atom is -0.374 e. The first kappa shape index (κ1) is 21.1. The van der Waals surface area contributed by atoms with Gasteiger partial charge in [-0.15, -0.1) is 24.0 Å². The van der Waals surface area contributed by atoms with Crippen molar-refractivity contribution >= 4 is 29.9 Å². The fraction of sp³-hybridized carbons (Fsp3) is 0.588. The number of ether oxygens (including phenoxy) is 1. The van der Waals surface area contributed by atoms with E-state index in [9.17, 15) is 4.39 Å². The van der Waals surface area contributed by atoms with E-state index in [-0.39, 0.29) is 35.9 Å². The molecule has 1 aromatic carbocycles. The molecule has 24 heavy (non-hydrogen) atoms. The van der Waals surface area contributed by atoms with Crippen LogP contribution in [0, 0.1) is 5.82 Å². The minimum absolute atomic E-state index is 0. The smallest absolute Gasteiger partial charge is 0.194 e. The Morgan fingerprint density at radius 2 is 2.29 bits per heavy atom. The molecular formula is C17H28FIN4O. The first-order chi connectivity index (χ1) is 11.1. The number of hydrogen-bond acceptors (Lipinski definition) is 3. The van der Waals surface area contributed by atoms with Gasteiger partial charge in [0.2, 0.25) is 0 Å². The van der Waals surface area contributed by atoms with E-state index in [1.54, 1.807) is 12.1 Å². The van der Waals surface area contributed by atoms with E-state index in [1.807, 2.05) is 24.9 Å². The number of hydrogen-bond donors (Lipinski definition) is 1. The second-order valence-electron chi connectivity index (χ2n) is 5.94. The van der Waals surface area contributed by atoms with Crippen molar-refractivity contribution in [1.82, 2.24) is 15.1 Å². The fourth-order valence-electron chi connectivity index (χ4n) is 2.62. The molecule has 1 aliphatic rings. The SMILES string of the molecule is CCNC(=NCC1CN(C)CCO1)N(C)Cc1cccc(F)c1.I. The average Bonchev–Trinajstić information content (AvgIpc) is 2.51. The summed E-state index contributed by atoms with van der Waals surface area (Å²) in [6, 6.07) is 6.66. The Hall–Kier alpha value is -0.930. The molecule has 1 saturated heterocycles. The molecule has 136 valence electrons. The molecule has 1 atom stereocenters. The lowest BCUT2D eigenvalue weighted by Gasteiger charge is -2.29. The van der Waals surface area contributed by atoms with Crippen LogP contribution in [-0.2, 0) is 11.3 Å². The van der Waals surface area contributed by atoms with Crippen LogP contribution in [0.25, 0.3) is 0 Å². The molecule has 2 rings (SSSR count). The zero-order valence-electron chi connectivity index (χ0n) is 14.7. The van der Waals surface area contributed by atoms with Crippen LogP contribution in [0.1, 0.15) is 12.5 Å². The molecule has 0 saturated carbocycles. The normalized spacial score (nSPS) is 18.8. The summed E-state index contributed by atoms with van der Waals surface area (Å²) in [4.78, 5) is 8.94. The first-order valence-corrected chi connectivity index (χ1v) is 8.12. The monoisotopic (exact) mass is 450 g/mol. The molecule has 1 fully saturated rings. The average molecular weight is 450 g/mol. The second-order valence-corrected chi connectivity index (χ2v) is 5.94. The van der Waals surface area contributed by atoms with Crippen molar-refractivity contribution in [1.29, 1.82) is 0 Å². The van der Waals surface area contributed by atoms with Crippen molar-refractivity contribution in [2.75, 3.05) is 46.9 Å². The molecule has 0 radical (unpaired) electrons. The van der Waals surface area contributed by atoms with Crippen LogP contribution in [0.3, 0.4) is 0 Å². The van der Waals surface area contributed by atoms with E-state index in [0.717, 1.165) is 37.8 Å². The summed E-state index contributed by atoms with van der Waals surface area (Å²) in [6.45, 7) is 6.69. The highest BCUT2D eigenvalue weighted by atomic mass is 127. The van der Waals surface area contributed by atoms with E-state index >= 15 is 0 Å². The third-order valence-corrected chi connectivity index (χ3v) is 3.79. The molecule has 1 heterocycles. The summed E-state index contributed by atoms with van der Waals surface area (Å²) in [5.41, 5.74) is 0.923. The Labute approximate surface area is 161 Å². The van der Waals surface area contributed by atoms with Gasteiger partial charge in [0, 0.05) is 33.2 Å². The van der Waals surface area contributed by atoms with Crippen molar-refractivity contribution in [3.63, 3.8) is 0 Å². The predicted molar refractivity (Wildman–Crippen MR) is 106 cm³/mol. The molecule has 7 heteroatoms. The number of rotatable bonds is 5. The van der Waals surface area contributed by atoms with Crippen LogP contribution < -0.4 is 5.32 Å². The van der Waals surface area contributed by atoms with E-state index in [4.69, 9.17) is 4.74 Å². The number of likely N-dealkylation sites (N-methyl/N-ethyl adjacent to an activating group) is 1. The zero-order chi connectivity index (χ0) is 16.7. The Balaban J connectivity index is 0.00000288. The van der Waals surface area contributed by atoms with Gasteiger partial charge in [0.25, 0.3) is 0 Å². The van der Waals surface area contributed by atoms with Crippen LogP contribution in [0.15, 0.2) is 29.3 Å². The van der Waals surface area contributed by atoms with Crippen molar-refractivity contribution in [3.05, 3.63) is 35.6 Å². The number of aliphatic imine (C=N–C) groups is 1. The molecule has 0 spiro atoms. The number of morpholine rings is 1. The molecule has 1 unspecified atom stereocenters. The summed E-state index contributed by atoms with van der Waals surface area (Å²) in [5.74, 6) is 0.602. The van der Waals surface area contributed by atoms with Gasteiger partial charge in [0.1, 0.15) is 5.82 Å². The van der Waals surface area contributed by atoms with Gasteiger partial charge in [-0.05, 0) is 31.7 Å². The molecule has 0 aliphatic carbocycles. The van der Waals surface area contributed by atoms with Gasteiger partial charge in [0.05, 0.1) is 19.3 Å². The summed E-state index contributed by atoms with van der Waals surface area (Å²) >= 11 is 0. The molecule has 0 aromatic heterocycles. The Morgan fingerprint density at radius 1 is 1.50 bits per heavy atom. The summed E-state index contributed by atoms with van der Waals surface area (Å²) in [7, 11) is 4.06. The summed E-state index contributed by atoms with van der Waals surface area (Å²) in [5, 5.41) is 3.28. The highest BCUT2D eigenvalue weighted by Gasteiger charge is 2.17. The topological polar surface area (TPSA) is 40.1 Å². The minimum atomic E-state index is -0.212. The van der Waals surface area contributed by atoms with Crippen LogP contribution >= 0.6 is 24.0 Å². The van der Waals surface area contributed by atoms with Crippen LogP contribution in [0.4, 0.5) is 4.39 Å². The number of nitrogens with one attached hydrogen (secondary N) is 1. The van der Waals surface area contributed by atoms with Gasteiger partial charge < -0.3 is 19.9 Å². The first-order valence-electron chi connectivity index (χ1n) is 8.12. The van der Waals surface area contributed by atoms with Gasteiger partial charge >= 0.3 is 0 Å². The van der Waals surface area contributed by atoms with E-state index in [1.165, 1.54) is 6.07 Å². The third kappa shape index (κ3) is 6.90. The van der Waals surface area contributed by atoms with Gasteiger partial charge in [0.15, 0.2) is 5.96 Å². The second kappa shape index (κ2) is 10.8. The molecule has 5 nitrogen and oxygen atoms in total. The number of guanidine groups is 1. The van der Waals surface area contributed by atoms with Crippen LogP contribution in [0.2, 0.25) is 0 Å². The lowest BCUT2D eigenvalue weighted by Crippen LogP contribution is -2.43. The maximum Gasteiger partial charge on any atom is 0.194 e. The summed E-state index contributed by atoms with van der Waals surface area (Å²) in [6.07, 6.45) is 0.130. The van der Waals surface area contributed by atoms with Crippen molar-refractivity contribution in [3.8, 4) is 0 Å². The van der Waals surface area contributed by atoms with E-state index in [2.05, 4.69) is 22.3 Å². The van der Waals surface area contributed by atoms with Gasteiger partial charge in [-0.3, -0.25) is 4.99 Å². The standard InChI is InChI=1S/C17H27FN4O.HI/c1-4-19-17(20-11-16-13-21(2)8-9-23-16)22(3)12-14-6-5-7-15(18)10-14;/h5-7,10,16H,4,8-9,11-13H2,1-3H3,(H,19,20);1H. The predicted octanol–water partition coefficient (Wildman–Crippen LogP) is 2.17. The van der Waals surface area contributed by atoms with Gasteiger partial charge in [-0.1, -0.05) is 12.1 Å². The maximum absolute atomic E-state index is 13.3. The largest absolute Gasteiger partial charge is 0.374 e. The highest BCUT2D eigenvalue weighted by Crippen LogP contribution is 2.07. The van der Waals surface area contributed by atoms with E-state index < -0.39 is 0 Å². The Morgan fingerprint density at radius 3 is 2.96 bits per heavy atom. The quantitative estimate of drug-likeness (QED) is 0.424. The Bertz CT molecular complexity index is 529. The van der Waals surface area contributed by atoms with Crippen molar-refractivity contribution in [2.45, 2.75) is 19.6 Å². The van der Waals surface area contributed by atoms with E-state index in [0.29, 0.717) is 13.1 Å². The van der Waals surface area contributed by atoms with Gasteiger partial charge in [-0.25, -0.2) is 4.39 Å². The maximum atomic E-state index is 13.3. The van der Waals surface area contributed by atoms with Crippen molar-refractivity contribution in [2.24, 2.45) is 4.99 Å². The molecule has 0 bridgehead atoms. The Kier molecular flexibility index (Phi) is 9.53. The molecule has 1 N–H and O–H groups in total. The number of halogens is 2. The number of benzene rings is 1. The number of nitrogens with zero attached hydrogens (tertiary/aromatic N) is 3.